The number of alkyl halides is 3. The summed E-state index contributed by atoms with van der Waals surface area (Å²) in [7, 11) is 0. The van der Waals surface area contributed by atoms with Crippen LogP contribution in [0.3, 0.4) is 0 Å². The molecule has 6 heteroatoms. The number of benzene rings is 1. The molecule has 0 amide bonds. The number of ketones is 1. The Balaban J connectivity index is 1.93. The zero-order chi connectivity index (χ0) is 16.2. The first-order valence-electron chi connectivity index (χ1n) is 6.95. The molecule has 0 spiro atoms. The molecule has 1 fully saturated rings. The van der Waals surface area contributed by atoms with Crippen LogP contribution in [0.1, 0.15) is 36.8 Å². The average Bonchev–Trinajstić information content (AvgIpc) is 2.47. The topological polar surface area (TPSA) is 43.4 Å². The van der Waals surface area contributed by atoms with Crippen molar-refractivity contribution in [3.8, 4) is 0 Å². The summed E-state index contributed by atoms with van der Waals surface area (Å²) in [5.41, 5.74) is -0.306. The molecule has 1 aliphatic carbocycles. The highest BCUT2D eigenvalue weighted by Gasteiger charge is 2.29. The van der Waals surface area contributed by atoms with Gasteiger partial charge in [0.25, 0.3) is 0 Å². The van der Waals surface area contributed by atoms with E-state index < -0.39 is 23.8 Å². The Morgan fingerprint density at radius 2 is 1.86 bits per heavy atom. The van der Waals surface area contributed by atoms with Gasteiger partial charge >= 0.3 is 12.1 Å². The molecule has 3 nitrogen and oxygen atoms in total. The summed E-state index contributed by atoms with van der Waals surface area (Å²) < 4.78 is 42.3. The molecule has 0 heterocycles. The molecule has 0 bridgehead atoms. The SMILES string of the molecule is O=C(/C=C/c1ccc(C(F)(F)F)cc1)O[C@@H]1CCCCC1=O. The molecule has 0 radical (unpaired) electrons. The van der Waals surface area contributed by atoms with Crippen molar-refractivity contribution in [1.82, 2.24) is 0 Å². The predicted molar refractivity (Wildman–Crippen MR) is 73.8 cm³/mol. The van der Waals surface area contributed by atoms with Gasteiger partial charge in [0.1, 0.15) is 0 Å². The summed E-state index contributed by atoms with van der Waals surface area (Å²) >= 11 is 0. The zero-order valence-corrected chi connectivity index (χ0v) is 11.7. The summed E-state index contributed by atoms with van der Waals surface area (Å²) in [6, 6.07) is 4.40. The third-order valence-corrected chi connectivity index (χ3v) is 3.41. The second-order valence-corrected chi connectivity index (χ2v) is 5.09. The van der Waals surface area contributed by atoms with Gasteiger partial charge < -0.3 is 4.74 Å². The van der Waals surface area contributed by atoms with E-state index in [2.05, 4.69) is 0 Å². The first-order chi connectivity index (χ1) is 10.4. The van der Waals surface area contributed by atoms with Crippen LogP contribution < -0.4 is 0 Å². The standard InChI is InChI=1S/C16H15F3O3/c17-16(18,19)12-8-5-11(6-9-12)7-10-15(21)22-14-4-2-1-3-13(14)20/h5-10,14H,1-4H2/b10-7+/t14-/m1/s1. The Bertz CT molecular complexity index is 573. The molecule has 1 aromatic carbocycles. The number of ether oxygens (including phenoxy) is 1. The van der Waals surface area contributed by atoms with E-state index in [-0.39, 0.29) is 5.78 Å². The number of rotatable bonds is 3. The van der Waals surface area contributed by atoms with Crippen molar-refractivity contribution >= 4 is 17.8 Å². The van der Waals surface area contributed by atoms with Crippen molar-refractivity contribution in [1.29, 1.82) is 0 Å². The van der Waals surface area contributed by atoms with Gasteiger partial charge in [-0.1, -0.05) is 12.1 Å². The maximum atomic E-state index is 12.4. The molecular weight excluding hydrogens is 297 g/mol. The minimum Gasteiger partial charge on any atom is -0.451 e. The van der Waals surface area contributed by atoms with Crippen LogP contribution in [0.25, 0.3) is 6.08 Å². The molecule has 22 heavy (non-hydrogen) atoms. The van der Waals surface area contributed by atoms with E-state index in [1.165, 1.54) is 18.2 Å². The molecule has 2 rings (SSSR count). The summed E-state index contributed by atoms with van der Waals surface area (Å²) in [5.74, 6) is -0.748. The van der Waals surface area contributed by atoms with E-state index in [1.807, 2.05) is 0 Å². The number of hydrogen-bond donors (Lipinski definition) is 0. The van der Waals surface area contributed by atoms with Gasteiger partial charge in [-0.3, -0.25) is 4.79 Å². The molecule has 1 aromatic rings. The Labute approximate surface area is 125 Å². The summed E-state index contributed by atoms with van der Waals surface area (Å²) in [4.78, 5) is 23.1. The molecule has 1 saturated carbocycles. The molecule has 0 aromatic heterocycles. The van der Waals surface area contributed by atoms with Crippen LogP contribution in [0, 0.1) is 0 Å². The number of carbonyl (C=O) groups is 2. The highest BCUT2D eigenvalue weighted by molar-refractivity contribution is 5.91. The largest absolute Gasteiger partial charge is 0.451 e. The van der Waals surface area contributed by atoms with Crippen LogP contribution in [0.2, 0.25) is 0 Å². The average molecular weight is 312 g/mol. The molecule has 0 saturated heterocycles. The van der Waals surface area contributed by atoms with Crippen molar-refractivity contribution in [2.24, 2.45) is 0 Å². The third kappa shape index (κ3) is 4.44. The van der Waals surface area contributed by atoms with E-state index in [1.54, 1.807) is 0 Å². The number of esters is 1. The minimum absolute atomic E-state index is 0.0810. The molecular formula is C16H15F3O3. The van der Waals surface area contributed by atoms with Gasteiger partial charge in [0.15, 0.2) is 11.9 Å². The Hall–Kier alpha value is -2.11. The zero-order valence-electron chi connectivity index (χ0n) is 11.7. The van der Waals surface area contributed by atoms with Crippen LogP contribution in [0.4, 0.5) is 13.2 Å². The van der Waals surface area contributed by atoms with E-state index >= 15 is 0 Å². The number of hydrogen-bond acceptors (Lipinski definition) is 3. The van der Waals surface area contributed by atoms with Gasteiger partial charge in [0, 0.05) is 12.5 Å². The molecule has 0 N–H and O–H groups in total. The first-order valence-corrected chi connectivity index (χ1v) is 6.95. The van der Waals surface area contributed by atoms with Crippen molar-refractivity contribution in [2.75, 3.05) is 0 Å². The summed E-state index contributed by atoms with van der Waals surface area (Å²) in [6.45, 7) is 0. The van der Waals surface area contributed by atoms with Crippen molar-refractivity contribution in [2.45, 2.75) is 38.0 Å². The lowest BCUT2D eigenvalue weighted by Gasteiger charge is -2.19. The van der Waals surface area contributed by atoms with Gasteiger partial charge in [-0.05, 0) is 43.0 Å². The molecule has 1 atom stereocenters. The Morgan fingerprint density at radius 1 is 1.18 bits per heavy atom. The van der Waals surface area contributed by atoms with Gasteiger partial charge in [0.05, 0.1) is 5.56 Å². The van der Waals surface area contributed by atoms with E-state index in [9.17, 15) is 22.8 Å². The van der Waals surface area contributed by atoms with Crippen LogP contribution in [-0.4, -0.2) is 17.9 Å². The highest BCUT2D eigenvalue weighted by atomic mass is 19.4. The number of Topliss-reactive ketones (excluding diaryl/α,β-unsaturated/α-hetero) is 1. The van der Waals surface area contributed by atoms with E-state index in [4.69, 9.17) is 4.74 Å². The maximum absolute atomic E-state index is 12.4. The smallest absolute Gasteiger partial charge is 0.416 e. The number of carbonyl (C=O) groups excluding carboxylic acids is 2. The highest BCUT2D eigenvalue weighted by Crippen LogP contribution is 2.29. The molecule has 1 aliphatic rings. The fourth-order valence-corrected chi connectivity index (χ4v) is 2.20. The normalized spacial score (nSPS) is 19.4. The first kappa shape index (κ1) is 16.3. The Kier molecular flexibility index (Phi) is 5.00. The second-order valence-electron chi connectivity index (χ2n) is 5.09. The van der Waals surface area contributed by atoms with Crippen molar-refractivity contribution < 1.29 is 27.5 Å². The van der Waals surface area contributed by atoms with Crippen LogP contribution in [0.5, 0.6) is 0 Å². The maximum Gasteiger partial charge on any atom is 0.416 e. The quantitative estimate of drug-likeness (QED) is 0.630. The predicted octanol–water partition coefficient (Wildman–Crippen LogP) is 3.77. The lowest BCUT2D eigenvalue weighted by atomic mass is 9.96. The van der Waals surface area contributed by atoms with Crippen LogP contribution in [0.15, 0.2) is 30.3 Å². The van der Waals surface area contributed by atoms with Gasteiger partial charge in [0.2, 0.25) is 0 Å². The van der Waals surface area contributed by atoms with Gasteiger partial charge in [-0.15, -0.1) is 0 Å². The van der Waals surface area contributed by atoms with Gasteiger partial charge in [-0.2, -0.15) is 13.2 Å². The van der Waals surface area contributed by atoms with E-state index in [0.717, 1.165) is 31.1 Å². The summed E-state index contributed by atoms with van der Waals surface area (Å²) in [6.07, 6.45) is -0.0127. The number of halogens is 3. The third-order valence-electron chi connectivity index (χ3n) is 3.41. The lowest BCUT2D eigenvalue weighted by molar-refractivity contribution is -0.152. The molecule has 0 aliphatic heterocycles. The lowest BCUT2D eigenvalue weighted by Crippen LogP contribution is -2.29. The monoisotopic (exact) mass is 312 g/mol. The fourth-order valence-electron chi connectivity index (χ4n) is 2.20. The fraction of sp³-hybridized carbons (Fsp3) is 0.375. The van der Waals surface area contributed by atoms with Crippen LogP contribution >= 0.6 is 0 Å². The Morgan fingerprint density at radius 3 is 2.45 bits per heavy atom. The summed E-state index contributed by atoms with van der Waals surface area (Å²) in [5, 5.41) is 0. The van der Waals surface area contributed by atoms with Crippen molar-refractivity contribution in [3.05, 3.63) is 41.5 Å². The van der Waals surface area contributed by atoms with Crippen molar-refractivity contribution in [3.63, 3.8) is 0 Å². The van der Waals surface area contributed by atoms with Crippen LogP contribution in [-0.2, 0) is 20.5 Å². The second kappa shape index (κ2) is 6.77. The minimum atomic E-state index is -4.39. The van der Waals surface area contributed by atoms with E-state index in [0.29, 0.717) is 18.4 Å². The molecule has 0 unspecified atom stereocenters. The van der Waals surface area contributed by atoms with Gasteiger partial charge in [-0.25, -0.2) is 4.79 Å². The molecule has 118 valence electrons.